The summed E-state index contributed by atoms with van der Waals surface area (Å²) in [7, 11) is 0. The number of nitrogens with zero attached hydrogens (tertiary/aromatic N) is 1. The number of hydrogen-bond acceptors (Lipinski definition) is 5. The Morgan fingerprint density at radius 3 is 2.79 bits per heavy atom. The van der Waals surface area contributed by atoms with Crippen molar-refractivity contribution in [3.63, 3.8) is 0 Å². The third-order valence-electron chi connectivity index (χ3n) is 3.13. The SMILES string of the molecule is C=C[C@]1(CO)O[C@@H](n2ccc(=O)[nH]c2=O)[C@@H](F)[C@@H]1O. The molecular weight excluding hydrogens is 259 g/mol. The number of nitrogens with one attached hydrogen (secondary N) is 1. The van der Waals surface area contributed by atoms with Crippen molar-refractivity contribution in [3.8, 4) is 0 Å². The molecule has 2 heterocycles. The van der Waals surface area contributed by atoms with E-state index in [9.17, 15) is 24.2 Å². The highest BCUT2D eigenvalue weighted by Crippen LogP contribution is 2.38. The van der Waals surface area contributed by atoms with Crippen LogP contribution in [0.25, 0.3) is 0 Å². The van der Waals surface area contributed by atoms with E-state index in [-0.39, 0.29) is 0 Å². The van der Waals surface area contributed by atoms with Gasteiger partial charge in [-0.3, -0.25) is 14.3 Å². The van der Waals surface area contributed by atoms with E-state index in [1.165, 1.54) is 0 Å². The van der Waals surface area contributed by atoms with Crippen LogP contribution in [0.5, 0.6) is 0 Å². The van der Waals surface area contributed by atoms with E-state index in [1.54, 1.807) is 0 Å². The maximum atomic E-state index is 14.0. The van der Waals surface area contributed by atoms with Gasteiger partial charge in [0.15, 0.2) is 12.4 Å². The summed E-state index contributed by atoms with van der Waals surface area (Å²) in [6.45, 7) is 2.69. The molecule has 1 aromatic rings. The smallest absolute Gasteiger partial charge is 0.330 e. The molecule has 1 aliphatic rings. The molecule has 1 aromatic heterocycles. The van der Waals surface area contributed by atoms with Crippen LogP contribution in [-0.4, -0.2) is 44.2 Å². The van der Waals surface area contributed by atoms with Gasteiger partial charge in [0.05, 0.1) is 6.61 Å². The zero-order valence-corrected chi connectivity index (χ0v) is 9.82. The van der Waals surface area contributed by atoms with Crippen molar-refractivity contribution in [1.29, 1.82) is 0 Å². The lowest BCUT2D eigenvalue weighted by Gasteiger charge is -2.25. The Kier molecular flexibility index (Phi) is 3.40. The molecule has 0 aromatic carbocycles. The summed E-state index contributed by atoms with van der Waals surface area (Å²) in [6.07, 6.45) is -2.93. The summed E-state index contributed by atoms with van der Waals surface area (Å²) in [4.78, 5) is 24.4. The fourth-order valence-electron chi connectivity index (χ4n) is 1.99. The lowest BCUT2D eigenvalue weighted by atomic mass is 9.97. The van der Waals surface area contributed by atoms with Crippen molar-refractivity contribution in [3.05, 3.63) is 45.8 Å². The van der Waals surface area contributed by atoms with Crippen LogP contribution in [0.15, 0.2) is 34.5 Å². The van der Waals surface area contributed by atoms with Crippen LogP contribution in [0.2, 0.25) is 0 Å². The molecule has 0 spiro atoms. The standard InChI is InChI=1S/C11H13FN2O5/c1-2-11(5-15)8(17)7(12)9(19-11)14-4-3-6(16)13-10(14)18/h2-4,7-9,15,17H,1,5H2,(H,13,16,18)/t7-,8-,9+,11+/m0/s1. The molecular formula is C11H13FN2O5. The van der Waals surface area contributed by atoms with E-state index in [0.29, 0.717) is 0 Å². The van der Waals surface area contributed by atoms with Crippen LogP contribution in [-0.2, 0) is 4.74 Å². The van der Waals surface area contributed by atoms with Crippen LogP contribution in [0, 0.1) is 0 Å². The number of ether oxygens (including phenoxy) is 1. The second-order valence-corrected chi connectivity index (χ2v) is 4.23. The molecule has 4 atom stereocenters. The van der Waals surface area contributed by atoms with Crippen molar-refractivity contribution in [2.45, 2.75) is 24.1 Å². The van der Waals surface area contributed by atoms with Crippen molar-refractivity contribution >= 4 is 0 Å². The zero-order chi connectivity index (χ0) is 14.2. The molecule has 1 aliphatic heterocycles. The first-order chi connectivity index (χ1) is 8.95. The fraction of sp³-hybridized carbons (Fsp3) is 0.455. The Balaban J connectivity index is 2.45. The molecule has 1 saturated heterocycles. The van der Waals surface area contributed by atoms with Gasteiger partial charge in [-0.25, -0.2) is 9.18 Å². The molecule has 0 radical (unpaired) electrons. The Labute approximate surface area is 106 Å². The van der Waals surface area contributed by atoms with E-state index in [4.69, 9.17) is 4.74 Å². The zero-order valence-electron chi connectivity index (χ0n) is 9.82. The number of aliphatic hydroxyl groups is 2. The van der Waals surface area contributed by atoms with Crippen LogP contribution in [0.3, 0.4) is 0 Å². The van der Waals surface area contributed by atoms with E-state index in [0.717, 1.165) is 22.9 Å². The predicted molar refractivity (Wildman–Crippen MR) is 62.4 cm³/mol. The Hall–Kier alpha value is -1.77. The Morgan fingerprint density at radius 1 is 1.63 bits per heavy atom. The normalized spacial score (nSPS) is 34.4. The Morgan fingerprint density at radius 2 is 2.32 bits per heavy atom. The van der Waals surface area contributed by atoms with Crippen molar-refractivity contribution in [2.24, 2.45) is 0 Å². The van der Waals surface area contributed by atoms with Gasteiger partial charge in [-0.1, -0.05) is 6.08 Å². The number of halogens is 1. The number of hydrogen-bond donors (Lipinski definition) is 3. The molecule has 7 nitrogen and oxygen atoms in total. The lowest BCUT2D eigenvalue weighted by molar-refractivity contribution is -0.0982. The molecule has 0 saturated carbocycles. The molecule has 0 aliphatic carbocycles. The third kappa shape index (κ3) is 2.03. The van der Waals surface area contributed by atoms with Gasteiger partial charge in [0.25, 0.3) is 5.56 Å². The number of aromatic nitrogens is 2. The number of alkyl halides is 1. The number of aliphatic hydroxyl groups excluding tert-OH is 2. The first kappa shape index (κ1) is 13.7. The molecule has 19 heavy (non-hydrogen) atoms. The minimum Gasteiger partial charge on any atom is -0.393 e. The van der Waals surface area contributed by atoms with Crippen LogP contribution in [0.4, 0.5) is 4.39 Å². The first-order valence-corrected chi connectivity index (χ1v) is 5.51. The largest absolute Gasteiger partial charge is 0.393 e. The summed E-state index contributed by atoms with van der Waals surface area (Å²) in [5.41, 5.74) is -3.18. The summed E-state index contributed by atoms with van der Waals surface area (Å²) < 4.78 is 20.1. The molecule has 104 valence electrons. The monoisotopic (exact) mass is 272 g/mol. The van der Waals surface area contributed by atoms with E-state index in [1.807, 2.05) is 4.98 Å². The van der Waals surface area contributed by atoms with Gasteiger partial charge < -0.3 is 14.9 Å². The number of H-pyrrole nitrogens is 1. The van der Waals surface area contributed by atoms with Crippen molar-refractivity contribution in [1.82, 2.24) is 9.55 Å². The average Bonchev–Trinajstić information content (AvgIpc) is 2.64. The van der Waals surface area contributed by atoms with Crippen LogP contribution >= 0.6 is 0 Å². The highest BCUT2D eigenvalue weighted by atomic mass is 19.1. The summed E-state index contributed by atoms with van der Waals surface area (Å²) in [5.74, 6) is 0. The van der Waals surface area contributed by atoms with Gasteiger partial charge in [0.2, 0.25) is 0 Å². The fourth-order valence-corrected chi connectivity index (χ4v) is 1.99. The molecule has 3 N–H and O–H groups in total. The second kappa shape index (κ2) is 4.72. The molecule has 2 rings (SSSR count). The maximum absolute atomic E-state index is 14.0. The van der Waals surface area contributed by atoms with Crippen LogP contribution in [0.1, 0.15) is 6.23 Å². The predicted octanol–water partition coefficient (Wildman–Crippen LogP) is -1.32. The highest BCUT2D eigenvalue weighted by Gasteiger charge is 2.54. The van der Waals surface area contributed by atoms with Crippen molar-refractivity contribution in [2.75, 3.05) is 6.61 Å². The first-order valence-electron chi connectivity index (χ1n) is 5.51. The number of aromatic amines is 1. The van der Waals surface area contributed by atoms with E-state index < -0.39 is 42.0 Å². The molecule has 0 unspecified atom stereocenters. The summed E-state index contributed by atoms with van der Waals surface area (Å²) in [5, 5.41) is 19.0. The van der Waals surface area contributed by atoms with Gasteiger partial charge in [0.1, 0.15) is 11.7 Å². The third-order valence-corrected chi connectivity index (χ3v) is 3.13. The molecule has 1 fully saturated rings. The molecule has 0 amide bonds. The quantitative estimate of drug-likeness (QED) is 0.592. The van der Waals surface area contributed by atoms with Gasteiger partial charge in [-0.05, 0) is 0 Å². The van der Waals surface area contributed by atoms with Gasteiger partial charge in [-0.15, -0.1) is 6.58 Å². The minimum absolute atomic E-state index is 0.632. The van der Waals surface area contributed by atoms with Gasteiger partial charge >= 0.3 is 5.69 Å². The average molecular weight is 272 g/mol. The van der Waals surface area contributed by atoms with Crippen molar-refractivity contribution < 1.29 is 19.3 Å². The summed E-state index contributed by atoms with van der Waals surface area (Å²) in [6, 6.07) is 1.02. The minimum atomic E-state index is -1.95. The molecule has 0 bridgehead atoms. The second-order valence-electron chi connectivity index (χ2n) is 4.23. The van der Waals surface area contributed by atoms with Crippen LogP contribution < -0.4 is 11.2 Å². The Bertz CT molecular complexity index is 597. The molecule has 8 heteroatoms. The number of rotatable bonds is 3. The van der Waals surface area contributed by atoms with Gasteiger partial charge in [-0.2, -0.15) is 0 Å². The lowest BCUT2D eigenvalue weighted by Crippen LogP contribution is -2.43. The van der Waals surface area contributed by atoms with E-state index in [2.05, 4.69) is 6.58 Å². The van der Waals surface area contributed by atoms with E-state index >= 15 is 0 Å². The topological polar surface area (TPSA) is 105 Å². The maximum Gasteiger partial charge on any atom is 0.330 e. The van der Waals surface area contributed by atoms with Gasteiger partial charge in [0, 0.05) is 12.3 Å². The summed E-state index contributed by atoms with van der Waals surface area (Å²) >= 11 is 0. The highest BCUT2D eigenvalue weighted by molar-refractivity contribution is 5.11.